The maximum Gasteiger partial charge on any atom is 0.267 e. The summed E-state index contributed by atoms with van der Waals surface area (Å²) in [4.78, 5) is 23.8. The summed E-state index contributed by atoms with van der Waals surface area (Å²) in [5.74, 6) is -0.0331. The highest BCUT2D eigenvalue weighted by Crippen LogP contribution is 2.27. The lowest BCUT2D eigenvalue weighted by Gasteiger charge is -2.20. The van der Waals surface area contributed by atoms with Crippen molar-refractivity contribution in [2.45, 2.75) is 25.2 Å². The SMILES string of the molecule is CN1N=C(C(=O)NCCC(c2ccccc2)c2ccccc2)CCC1=O. The van der Waals surface area contributed by atoms with E-state index >= 15 is 0 Å². The molecule has 1 heterocycles. The third-order valence-corrected chi connectivity index (χ3v) is 4.59. The van der Waals surface area contributed by atoms with Gasteiger partial charge in [-0.2, -0.15) is 5.10 Å². The van der Waals surface area contributed by atoms with Gasteiger partial charge in [-0.3, -0.25) is 9.59 Å². The lowest BCUT2D eigenvalue weighted by Crippen LogP contribution is -2.38. The van der Waals surface area contributed by atoms with Crippen molar-refractivity contribution in [2.75, 3.05) is 13.6 Å². The van der Waals surface area contributed by atoms with Gasteiger partial charge in [-0.05, 0) is 17.5 Å². The van der Waals surface area contributed by atoms with E-state index in [0.29, 0.717) is 25.1 Å². The van der Waals surface area contributed by atoms with Crippen LogP contribution >= 0.6 is 0 Å². The maximum absolute atomic E-state index is 12.3. The zero-order chi connectivity index (χ0) is 18.4. The molecule has 0 fully saturated rings. The summed E-state index contributed by atoms with van der Waals surface area (Å²) in [6.07, 6.45) is 1.52. The molecule has 26 heavy (non-hydrogen) atoms. The average Bonchev–Trinajstić information content (AvgIpc) is 2.68. The van der Waals surface area contributed by atoms with Crippen LogP contribution in [-0.2, 0) is 9.59 Å². The van der Waals surface area contributed by atoms with Gasteiger partial charge in [-0.1, -0.05) is 60.7 Å². The van der Waals surface area contributed by atoms with Crippen molar-refractivity contribution in [3.05, 3.63) is 71.8 Å². The van der Waals surface area contributed by atoms with Crippen molar-refractivity contribution in [3.63, 3.8) is 0 Å². The Balaban J connectivity index is 1.65. The van der Waals surface area contributed by atoms with E-state index < -0.39 is 0 Å². The quantitative estimate of drug-likeness (QED) is 0.871. The zero-order valence-corrected chi connectivity index (χ0v) is 14.9. The first-order chi connectivity index (χ1) is 12.6. The van der Waals surface area contributed by atoms with Gasteiger partial charge in [0.15, 0.2) is 0 Å². The third kappa shape index (κ3) is 4.36. The fourth-order valence-electron chi connectivity index (χ4n) is 3.16. The van der Waals surface area contributed by atoms with Crippen LogP contribution in [-0.4, -0.2) is 36.1 Å². The molecule has 0 aliphatic carbocycles. The predicted molar refractivity (Wildman–Crippen MR) is 102 cm³/mol. The molecular weight excluding hydrogens is 326 g/mol. The minimum absolute atomic E-state index is 0.0604. The summed E-state index contributed by atoms with van der Waals surface area (Å²) in [6.45, 7) is 0.546. The Morgan fingerprint density at radius 1 is 1.04 bits per heavy atom. The minimum Gasteiger partial charge on any atom is -0.351 e. The Kier molecular flexibility index (Phi) is 5.79. The second kappa shape index (κ2) is 8.43. The molecule has 0 saturated carbocycles. The number of rotatable bonds is 6. The van der Waals surface area contributed by atoms with Crippen LogP contribution in [0.25, 0.3) is 0 Å². The van der Waals surface area contributed by atoms with Crippen molar-refractivity contribution in [1.82, 2.24) is 10.3 Å². The van der Waals surface area contributed by atoms with Crippen molar-refractivity contribution >= 4 is 17.5 Å². The molecule has 0 radical (unpaired) electrons. The van der Waals surface area contributed by atoms with Gasteiger partial charge in [0.25, 0.3) is 5.91 Å². The molecular formula is C21H23N3O2. The molecule has 0 saturated heterocycles. The molecule has 5 heteroatoms. The van der Waals surface area contributed by atoms with Crippen LogP contribution in [0.15, 0.2) is 65.8 Å². The smallest absolute Gasteiger partial charge is 0.267 e. The van der Waals surface area contributed by atoms with E-state index in [9.17, 15) is 9.59 Å². The Morgan fingerprint density at radius 3 is 2.15 bits per heavy atom. The number of carbonyl (C=O) groups excluding carboxylic acids is 2. The summed E-state index contributed by atoms with van der Waals surface area (Å²) >= 11 is 0. The highest BCUT2D eigenvalue weighted by molar-refractivity contribution is 6.39. The molecule has 0 atom stereocenters. The first kappa shape index (κ1) is 17.9. The Labute approximate surface area is 153 Å². The van der Waals surface area contributed by atoms with Crippen LogP contribution in [0.3, 0.4) is 0 Å². The molecule has 2 amide bonds. The van der Waals surface area contributed by atoms with Crippen molar-refractivity contribution in [2.24, 2.45) is 5.10 Å². The van der Waals surface area contributed by atoms with Crippen LogP contribution in [0.1, 0.15) is 36.3 Å². The van der Waals surface area contributed by atoms with Gasteiger partial charge < -0.3 is 5.32 Å². The first-order valence-corrected chi connectivity index (χ1v) is 8.87. The highest BCUT2D eigenvalue weighted by Gasteiger charge is 2.22. The van der Waals surface area contributed by atoms with Crippen LogP contribution in [0.2, 0.25) is 0 Å². The second-order valence-electron chi connectivity index (χ2n) is 6.38. The Bertz CT molecular complexity index is 748. The van der Waals surface area contributed by atoms with E-state index in [2.05, 4.69) is 34.7 Å². The van der Waals surface area contributed by atoms with Gasteiger partial charge in [-0.25, -0.2) is 5.01 Å². The summed E-state index contributed by atoms with van der Waals surface area (Å²) in [7, 11) is 1.58. The standard InChI is InChI=1S/C21H23N3O2/c1-24-20(25)13-12-19(23-24)21(26)22-15-14-18(16-8-4-2-5-9-16)17-10-6-3-7-11-17/h2-11,18H,12-15H2,1H3,(H,22,26). The lowest BCUT2D eigenvalue weighted by molar-refractivity contribution is -0.130. The van der Waals surface area contributed by atoms with Gasteiger partial charge in [0, 0.05) is 32.4 Å². The van der Waals surface area contributed by atoms with E-state index in [1.54, 1.807) is 7.05 Å². The average molecular weight is 349 g/mol. The molecule has 5 nitrogen and oxygen atoms in total. The Hall–Kier alpha value is -2.95. The monoisotopic (exact) mass is 349 g/mol. The summed E-state index contributed by atoms with van der Waals surface area (Å²) in [5, 5.41) is 8.26. The van der Waals surface area contributed by atoms with E-state index in [-0.39, 0.29) is 17.7 Å². The van der Waals surface area contributed by atoms with E-state index in [1.807, 2.05) is 36.4 Å². The number of amides is 2. The number of nitrogens with zero attached hydrogens (tertiary/aromatic N) is 2. The van der Waals surface area contributed by atoms with E-state index in [0.717, 1.165) is 6.42 Å². The van der Waals surface area contributed by atoms with Gasteiger partial charge in [0.2, 0.25) is 5.91 Å². The topological polar surface area (TPSA) is 61.8 Å². The van der Waals surface area contributed by atoms with Gasteiger partial charge >= 0.3 is 0 Å². The van der Waals surface area contributed by atoms with Gasteiger partial charge in [0.05, 0.1) is 0 Å². The molecule has 3 rings (SSSR count). The largest absolute Gasteiger partial charge is 0.351 e. The molecule has 0 bridgehead atoms. The molecule has 0 unspecified atom stereocenters. The van der Waals surface area contributed by atoms with Crippen molar-refractivity contribution in [3.8, 4) is 0 Å². The first-order valence-electron chi connectivity index (χ1n) is 8.87. The number of benzene rings is 2. The molecule has 1 aliphatic heterocycles. The molecule has 134 valence electrons. The fourth-order valence-corrected chi connectivity index (χ4v) is 3.16. The van der Waals surface area contributed by atoms with Gasteiger partial charge in [-0.15, -0.1) is 0 Å². The summed E-state index contributed by atoms with van der Waals surface area (Å²) in [5.41, 5.74) is 2.88. The van der Waals surface area contributed by atoms with Crippen molar-refractivity contribution in [1.29, 1.82) is 0 Å². The van der Waals surface area contributed by atoms with Crippen molar-refractivity contribution < 1.29 is 9.59 Å². The number of carbonyl (C=O) groups is 2. The molecule has 2 aromatic rings. The lowest BCUT2D eigenvalue weighted by atomic mass is 9.88. The summed E-state index contributed by atoms with van der Waals surface area (Å²) < 4.78 is 0. The second-order valence-corrected chi connectivity index (χ2v) is 6.38. The molecule has 1 aliphatic rings. The van der Waals surface area contributed by atoms with E-state index in [4.69, 9.17) is 0 Å². The summed E-state index contributed by atoms with van der Waals surface area (Å²) in [6, 6.07) is 20.6. The van der Waals surface area contributed by atoms with Gasteiger partial charge in [0.1, 0.15) is 5.71 Å². The third-order valence-electron chi connectivity index (χ3n) is 4.59. The molecule has 0 spiro atoms. The molecule has 2 aromatic carbocycles. The van der Waals surface area contributed by atoms with Crippen LogP contribution < -0.4 is 5.32 Å². The normalized spacial score (nSPS) is 14.3. The van der Waals surface area contributed by atoms with E-state index in [1.165, 1.54) is 16.1 Å². The maximum atomic E-state index is 12.3. The number of hydrogen-bond acceptors (Lipinski definition) is 3. The van der Waals surface area contributed by atoms with Crippen LogP contribution in [0.5, 0.6) is 0 Å². The number of hydrogen-bond donors (Lipinski definition) is 1. The van der Waals surface area contributed by atoms with Crippen LogP contribution in [0, 0.1) is 0 Å². The molecule has 1 N–H and O–H groups in total. The Morgan fingerprint density at radius 2 is 1.62 bits per heavy atom. The number of hydrazone groups is 1. The fraction of sp³-hybridized carbons (Fsp3) is 0.286. The molecule has 0 aromatic heterocycles. The van der Waals surface area contributed by atoms with Crippen LogP contribution in [0.4, 0.5) is 0 Å². The predicted octanol–water partition coefficient (Wildman–Crippen LogP) is 2.93. The highest BCUT2D eigenvalue weighted by atomic mass is 16.2. The minimum atomic E-state index is -0.191. The number of nitrogens with one attached hydrogen (secondary N) is 1. The zero-order valence-electron chi connectivity index (χ0n) is 14.9.